The van der Waals surface area contributed by atoms with Gasteiger partial charge >= 0.3 is 0 Å². The van der Waals surface area contributed by atoms with Crippen molar-refractivity contribution < 1.29 is 9.53 Å². The van der Waals surface area contributed by atoms with Crippen LogP contribution in [0.15, 0.2) is 0 Å². The molecular formula is C9H18N2O2S. The Labute approximate surface area is 89.2 Å². The van der Waals surface area contributed by atoms with Crippen LogP contribution in [-0.4, -0.2) is 55.2 Å². The number of methoxy groups -OCH3 is 1. The van der Waals surface area contributed by atoms with E-state index in [2.05, 4.69) is 0 Å². The Morgan fingerprint density at radius 2 is 2.21 bits per heavy atom. The number of thioether (sulfide) groups is 1. The zero-order valence-electron chi connectivity index (χ0n) is 8.57. The smallest absolute Gasteiger partial charge is 0.225 e. The molecule has 1 heterocycles. The lowest BCUT2D eigenvalue weighted by Crippen LogP contribution is -2.40. The highest BCUT2D eigenvalue weighted by molar-refractivity contribution is 7.99. The first-order valence-corrected chi connectivity index (χ1v) is 6.01. The van der Waals surface area contributed by atoms with Crippen molar-refractivity contribution in [2.45, 2.75) is 12.5 Å². The number of ether oxygens (including phenoxy) is 1. The standard InChI is InChI=1S/C9H18N2O2S/c1-13-8(7-10)6-9(12)11-2-4-14-5-3-11/h8H,2-7,10H2,1H3. The van der Waals surface area contributed by atoms with Crippen molar-refractivity contribution in [2.24, 2.45) is 5.73 Å². The number of carbonyl (C=O) groups is 1. The van der Waals surface area contributed by atoms with Gasteiger partial charge in [0.1, 0.15) is 0 Å². The molecule has 0 radical (unpaired) electrons. The summed E-state index contributed by atoms with van der Waals surface area (Å²) in [5, 5.41) is 0. The van der Waals surface area contributed by atoms with E-state index >= 15 is 0 Å². The maximum atomic E-state index is 11.7. The molecule has 0 aliphatic carbocycles. The first kappa shape index (κ1) is 11.8. The van der Waals surface area contributed by atoms with Gasteiger partial charge in [-0.3, -0.25) is 4.79 Å². The second kappa shape index (κ2) is 6.27. The SMILES string of the molecule is COC(CN)CC(=O)N1CCSCC1. The molecule has 5 heteroatoms. The van der Waals surface area contributed by atoms with Gasteiger partial charge in [-0.15, -0.1) is 0 Å². The number of hydrogen-bond donors (Lipinski definition) is 1. The van der Waals surface area contributed by atoms with Gasteiger partial charge in [-0.1, -0.05) is 0 Å². The third-order valence-corrected chi connectivity index (χ3v) is 3.30. The van der Waals surface area contributed by atoms with Crippen molar-refractivity contribution in [2.75, 3.05) is 38.2 Å². The Morgan fingerprint density at radius 1 is 1.57 bits per heavy atom. The summed E-state index contributed by atoms with van der Waals surface area (Å²) in [5.41, 5.74) is 5.46. The van der Waals surface area contributed by atoms with Gasteiger partial charge in [0.15, 0.2) is 0 Å². The molecular weight excluding hydrogens is 200 g/mol. The predicted molar refractivity (Wildman–Crippen MR) is 58.4 cm³/mol. The summed E-state index contributed by atoms with van der Waals surface area (Å²) in [7, 11) is 1.59. The van der Waals surface area contributed by atoms with E-state index in [4.69, 9.17) is 10.5 Å². The molecule has 2 N–H and O–H groups in total. The molecule has 1 aliphatic rings. The Balaban J connectivity index is 2.32. The average molecular weight is 218 g/mol. The van der Waals surface area contributed by atoms with Crippen LogP contribution in [0, 0.1) is 0 Å². The van der Waals surface area contributed by atoms with E-state index in [-0.39, 0.29) is 12.0 Å². The lowest BCUT2D eigenvalue weighted by Gasteiger charge is -2.27. The molecule has 0 saturated carbocycles. The molecule has 0 bridgehead atoms. The van der Waals surface area contributed by atoms with Crippen molar-refractivity contribution in [1.82, 2.24) is 4.90 Å². The topological polar surface area (TPSA) is 55.6 Å². The summed E-state index contributed by atoms with van der Waals surface area (Å²) in [4.78, 5) is 13.6. The summed E-state index contributed by atoms with van der Waals surface area (Å²) in [6.07, 6.45) is 0.287. The molecule has 14 heavy (non-hydrogen) atoms. The Kier molecular flexibility index (Phi) is 5.29. The highest BCUT2D eigenvalue weighted by atomic mass is 32.2. The molecule has 1 fully saturated rings. The monoisotopic (exact) mass is 218 g/mol. The van der Waals surface area contributed by atoms with Gasteiger partial charge in [0.25, 0.3) is 0 Å². The average Bonchev–Trinajstić information content (AvgIpc) is 2.26. The summed E-state index contributed by atoms with van der Waals surface area (Å²) in [6, 6.07) is 0. The van der Waals surface area contributed by atoms with Crippen molar-refractivity contribution in [3.05, 3.63) is 0 Å². The van der Waals surface area contributed by atoms with Gasteiger partial charge in [-0.2, -0.15) is 11.8 Å². The fourth-order valence-corrected chi connectivity index (χ4v) is 2.30. The summed E-state index contributed by atoms with van der Waals surface area (Å²) >= 11 is 1.90. The van der Waals surface area contributed by atoms with Gasteiger partial charge in [-0.05, 0) is 0 Å². The van der Waals surface area contributed by atoms with E-state index in [1.807, 2.05) is 16.7 Å². The molecule has 1 atom stereocenters. The summed E-state index contributed by atoms with van der Waals surface area (Å²) in [6.45, 7) is 2.14. The molecule has 4 nitrogen and oxygen atoms in total. The van der Waals surface area contributed by atoms with Gasteiger partial charge < -0.3 is 15.4 Å². The van der Waals surface area contributed by atoms with Gasteiger partial charge in [0.05, 0.1) is 12.5 Å². The van der Waals surface area contributed by atoms with Crippen LogP contribution in [0.1, 0.15) is 6.42 Å². The highest BCUT2D eigenvalue weighted by Crippen LogP contribution is 2.11. The zero-order chi connectivity index (χ0) is 10.4. The Bertz CT molecular complexity index is 180. The van der Waals surface area contributed by atoms with E-state index in [9.17, 15) is 4.79 Å². The first-order chi connectivity index (χ1) is 6.77. The molecule has 0 spiro atoms. The van der Waals surface area contributed by atoms with Gasteiger partial charge in [-0.25, -0.2) is 0 Å². The molecule has 1 aliphatic heterocycles. The highest BCUT2D eigenvalue weighted by Gasteiger charge is 2.19. The number of nitrogens with zero attached hydrogens (tertiary/aromatic N) is 1. The van der Waals surface area contributed by atoms with Crippen LogP contribution in [0.5, 0.6) is 0 Å². The molecule has 1 saturated heterocycles. The zero-order valence-corrected chi connectivity index (χ0v) is 9.39. The molecule has 1 rings (SSSR count). The number of hydrogen-bond acceptors (Lipinski definition) is 4. The van der Waals surface area contributed by atoms with E-state index in [1.54, 1.807) is 7.11 Å². The minimum atomic E-state index is -0.128. The van der Waals surface area contributed by atoms with Crippen molar-refractivity contribution in [1.29, 1.82) is 0 Å². The lowest BCUT2D eigenvalue weighted by atomic mass is 10.2. The molecule has 0 aromatic carbocycles. The summed E-state index contributed by atoms with van der Waals surface area (Å²) < 4.78 is 5.08. The predicted octanol–water partition coefficient (Wildman–Crippen LogP) is -0.0744. The van der Waals surface area contributed by atoms with Crippen LogP contribution in [0.2, 0.25) is 0 Å². The first-order valence-electron chi connectivity index (χ1n) is 4.86. The quantitative estimate of drug-likeness (QED) is 0.717. The van der Waals surface area contributed by atoms with Crippen LogP contribution in [0.4, 0.5) is 0 Å². The second-order valence-electron chi connectivity index (χ2n) is 3.29. The van der Waals surface area contributed by atoms with Gasteiger partial charge in [0.2, 0.25) is 5.91 Å². The summed E-state index contributed by atoms with van der Waals surface area (Å²) in [5.74, 6) is 2.26. The largest absolute Gasteiger partial charge is 0.380 e. The third kappa shape index (κ3) is 3.48. The fourth-order valence-electron chi connectivity index (χ4n) is 1.40. The minimum absolute atomic E-state index is 0.128. The Hall–Kier alpha value is -0.260. The van der Waals surface area contributed by atoms with Crippen molar-refractivity contribution >= 4 is 17.7 Å². The maximum absolute atomic E-state index is 11.7. The number of rotatable bonds is 4. The van der Waals surface area contributed by atoms with Crippen LogP contribution >= 0.6 is 11.8 Å². The molecule has 82 valence electrons. The number of amides is 1. The third-order valence-electron chi connectivity index (χ3n) is 2.36. The van der Waals surface area contributed by atoms with Gasteiger partial charge in [0, 0.05) is 38.2 Å². The maximum Gasteiger partial charge on any atom is 0.225 e. The molecule has 0 aromatic heterocycles. The van der Waals surface area contributed by atoms with E-state index in [0.717, 1.165) is 24.6 Å². The molecule has 0 aromatic rings. The van der Waals surface area contributed by atoms with E-state index in [1.165, 1.54) is 0 Å². The van der Waals surface area contributed by atoms with Crippen molar-refractivity contribution in [3.63, 3.8) is 0 Å². The molecule has 1 amide bonds. The normalized spacial score (nSPS) is 19.4. The second-order valence-corrected chi connectivity index (χ2v) is 4.52. The van der Waals surface area contributed by atoms with Crippen LogP contribution in [-0.2, 0) is 9.53 Å². The van der Waals surface area contributed by atoms with Crippen LogP contribution in [0.3, 0.4) is 0 Å². The molecule has 1 unspecified atom stereocenters. The minimum Gasteiger partial charge on any atom is -0.380 e. The van der Waals surface area contributed by atoms with E-state index in [0.29, 0.717) is 13.0 Å². The Morgan fingerprint density at radius 3 is 2.71 bits per heavy atom. The van der Waals surface area contributed by atoms with Crippen LogP contribution < -0.4 is 5.73 Å². The van der Waals surface area contributed by atoms with E-state index < -0.39 is 0 Å². The van der Waals surface area contributed by atoms with Crippen molar-refractivity contribution in [3.8, 4) is 0 Å². The fraction of sp³-hybridized carbons (Fsp3) is 0.889. The number of carbonyl (C=O) groups excluding carboxylic acids is 1. The lowest BCUT2D eigenvalue weighted by molar-refractivity contribution is -0.133. The number of nitrogens with two attached hydrogens (primary N) is 1. The van der Waals surface area contributed by atoms with Crippen LogP contribution in [0.25, 0.3) is 0 Å².